The highest BCUT2D eigenvalue weighted by Crippen LogP contribution is 2.06. The van der Waals surface area contributed by atoms with Crippen molar-refractivity contribution in [3.05, 3.63) is 71.3 Å². The van der Waals surface area contributed by atoms with Crippen LogP contribution in [0, 0.1) is 6.92 Å². The van der Waals surface area contributed by atoms with Gasteiger partial charge in [-0.15, -0.1) is 0 Å². The van der Waals surface area contributed by atoms with Gasteiger partial charge in [-0.1, -0.05) is 60.2 Å². The minimum Gasteiger partial charge on any atom is -0.310 e. The van der Waals surface area contributed by atoms with E-state index in [1.54, 1.807) is 0 Å². The highest BCUT2D eigenvalue weighted by atomic mass is 14.9. The molecule has 2 aromatic rings. The molecule has 0 heterocycles. The van der Waals surface area contributed by atoms with Gasteiger partial charge in [0.15, 0.2) is 0 Å². The second-order valence-electron chi connectivity index (χ2n) is 4.96. The van der Waals surface area contributed by atoms with Gasteiger partial charge in [0.25, 0.3) is 0 Å². The van der Waals surface area contributed by atoms with E-state index in [9.17, 15) is 0 Å². The van der Waals surface area contributed by atoms with Crippen LogP contribution in [0.4, 0.5) is 0 Å². The zero-order valence-electron chi connectivity index (χ0n) is 11.2. The molecule has 0 amide bonds. The molecular weight excluding hydrogens is 218 g/mol. The fourth-order valence-corrected chi connectivity index (χ4v) is 2.15. The normalized spacial score (nSPS) is 12.3. The van der Waals surface area contributed by atoms with E-state index in [1.165, 1.54) is 16.7 Å². The van der Waals surface area contributed by atoms with Gasteiger partial charge >= 0.3 is 0 Å². The lowest BCUT2D eigenvalue weighted by Crippen LogP contribution is -2.27. The molecule has 0 aliphatic heterocycles. The molecule has 1 unspecified atom stereocenters. The quantitative estimate of drug-likeness (QED) is 0.838. The highest BCUT2D eigenvalue weighted by Gasteiger charge is 2.02. The van der Waals surface area contributed by atoms with Gasteiger partial charge in [-0.25, -0.2) is 0 Å². The molecule has 0 aliphatic rings. The largest absolute Gasteiger partial charge is 0.310 e. The zero-order valence-corrected chi connectivity index (χ0v) is 11.2. The van der Waals surface area contributed by atoms with Crippen LogP contribution in [0.25, 0.3) is 0 Å². The predicted octanol–water partition coefficient (Wildman–Crippen LogP) is 3.72. The molecule has 0 spiro atoms. The predicted molar refractivity (Wildman–Crippen MR) is 77.6 cm³/mol. The van der Waals surface area contributed by atoms with E-state index in [0.717, 1.165) is 13.0 Å². The summed E-state index contributed by atoms with van der Waals surface area (Å²) in [6.45, 7) is 5.31. The number of hydrogen-bond acceptors (Lipinski definition) is 1. The summed E-state index contributed by atoms with van der Waals surface area (Å²) in [5, 5.41) is 3.57. The van der Waals surface area contributed by atoms with Crippen molar-refractivity contribution in [2.24, 2.45) is 0 Å². The molecule has 0 saturated carbocycles. The van der Waals surface area contributed by atoms with E-state index in [1.807, 2.05) is 0 Å². The Morgan fingerprint density at radius 1 is 0.944 bits per heavy atom. The minimum absolute atomic E-state index is 0.493. The Morgan fingerprint density at radius 3 is 2.39 bits per heavy atom. The van der Waals surface area contributed by atoms with Crippen molar-refractivity contribution in [3.8, 4) is 0 Å². The summed E-state index contributed by atoms with van der Waals surface area (Å²) in [5.74, 6) is 0. The molecule has 2 rings (SSSR count). The molecule has 0 aliphatic carbocycles. The molecule has 2 aromatic carbocycles. The first kappa shape index (κ1) is 12.8. The van der Waals surface area contributed by atoms with Crippen LogP contribution in [0.5, 0.6) is 0 Å². The van der Waals surface area contributed by atoms with Crippen molar-refractivity contribution >= 4 is 0 Å². The lowest BCUT2D eigenvalue weighted by atomic mass is 10.1. The fourth-order valence-electron chi connectivity index (χ4n) is 2.15. The van der Waals surface area contributed by atoms with Crippen LogP contribution < -0.4 is 5.32 Å². The first-order valence-electron chi connectivity index (χ1n) is 6.57. The van der Waals surface area contributed by atoms with Crippen molar-refractivity contribution in [3.63, 3.8) is 0 Å². The van der Waals surface area contributed by atoms with Gasteiger partial charge in [-0.05, 0) is 31.4 Å². The maximum atomic E-state index is 3.57. The molecule has 0 radical (unpaired) electrons. The lowest BCUT2D eigenvalue weighted by molar-refractivity contribution is 0.545. The molecule has 1 atom stereocenters. The third kappa shape index (κ3) is 4.01. The van der Waals surface area contributed by atoms with Gasteiger partial charge in [0.1, 0.15) is 0 Å². The first-order chi connectivity index (χ1) is 8.74. The first-order valence-corrected chi connectivity index (χ1v) is 6.57. The van der Waals surface area contributed by atoms with Crippen LogP contribution >= 0.6 is 0 Å². The molecule has 0 bridgehead atoms. The lowest BCUT2D eigenvalue weighted by Gasteiger charge is -2.14. The van der Waals surface area contributed by atoms with E-state index in [2.05, 4.69) is 73.8 Å². The van der Waals surface area contributed by atoms with Gasteiger partial charge in [0.05, 0.1) is 0 Å². The monoisotopic (exact) mass is 239 g/mol. The smallest absolute Gasteiger partial charge is 0.0208 e. The number of rotatable bonds is 5. The van der Waals surface area contributed by atoms with Gasteiger partial charge < -0.3 is 5.32 Å². The van der Waals surface area contributed by atoms with E-state index in [4.69, 9.17) is 0 Å². The summed E-state index contributed by atoms with van der Waals surface area (Å²) in [4.78, 5) is 0. The van der Waals surface area contributed by atoms with Crippen LogP contribution in [0.2, 0.25) is 0 Å². The van der Waals surface area contributed by atoms with Gasteiger partial charge in [-0.3, -0.25) is 0 Å². The number of hydrogen-bond donors (Lipinski definition) is 1. The van der Waals surface area contributed by atoms with Crippen molar-refractivity contribution in [1.29, 1.82) is 0 Å². The highest BCUT2D eigenvalue weighted by molar-refractivity contribution is 5.22. The molecular formula is C17H21N. The molecule has 94 valence electrons. The maximum Gasteiger partial charge on any atom is 0.0208 e. The van der Waals surface area contributed by atoms with Crippen molar-refractivity contribution < 1.29 is 0 Å². The van der Waals surface area contributed by atoms with Gasteiger partial charge in [0, 0.05) is 12.6 Å². The summed E-state index contributed by atoms with van der Waals surface area (Å²) < 4.78 is 0. The SMILES string of the molecule is Cc1cccc(CNC(C)Cc2ccccc2)c1. The maximum absolute atomic E-state index is 3.57. The average Bonchev–Trinajstić information content (AvgIpc) is 2.38. The standard InChI is InChI=1S/C17H21N/c1-14-7-6-10-17(11-14)13-18-15(2)12-16-8-4-3-5-9-16/h3-11,15,18H,12-13H2,1-2H3. The fraction of sp³-hybridized carbons (Fsp3) is 0.294. The van der Waals surface area contributed by atoms with Gasteiger partial charge in [-0.2, -0.15) is 0 Å². The third-order valence-electron chi connectivity index (χ3n) is 3.12. The third-order valence-corrected chi connectivity index (χ3v) is 3.12. The summed E-state index contributed by atoms with van der Waals surface area (Å²) in [6, 6.07) is 19.8. The summed E-state index contributed by atoms with van der Waals surface area (Å²) in [7, 11) is 0. The average molecular weight is 239 g/mol. The Labute approximate surface area is 110 Å². The van der Waals surface area contributed by atoms with Crippen molar-refractivity contribution in [2.45, 2.75) is 32.9 Å². The second kappa shape index (κ2) is 6.36. The van der Waals surface area contributed by atoms with E-state index in [-0.39, 0.29) is 0 Å². The molecule has 0 aromatic heterocycles. The van der Waals surface area contributed by atoms with Crippen LogP contribution in [-0.4, -0.2) is 6.04 Å². The Morgan fingerprint density at radius 2 is 1.67 bits per heavy atom. The molecule has 0 saturated heterocycles. The van der Waals surface area contributed by atoms with Crippen molar-refractivity contribution in [2.75, 3.05) is 0 Å². The Bertz CT molecular complexity index is 476. The van der Waals surface area contributed by atoms with Crippen LogP contribution in [0.15, 0.2) is 54.6 Å². The van der Waals surface area contributed by atoms with E-state index in [0.29, 0.717) is 6.04 Å². The Balaban J connectivity index is 1.83. The zero-order chi connectivity index (χ0) is 12.8. The molecule has 1 N–H and O–H groups in total. The van der Waals surface area contributed by atoms with Gasteiger partial charge in [0.2, 0.25) is 0 Å². The van der Waals surface area contributed by atoms with Crippen LogP contribution in [0.1, 0.15) is 23.6 Å². The Hall–Kier alpha value is -1.60. The van der Waals surface area contributed by atoms with Crippen LogP contribution in [0.3, 0.4) is 0 Å². The molecule has 0 fully saturated rings. The van der Waals surface area contributed by atoms with Crippen LogP contribution in [-0.2, 0) is 13.0 Å². The second-order valence-corrected chi connectivity index (χ2v) is 4.96. The molecule has 1 heteroatoms. The summed E-state index contributed by atoms with van der Waals surface area (Å²) in [6.07, 6.45) is 1.08. The minimum atomic E-state index is 0.493. The summed E-state index contributed by atoms with van der Waals surface area (Å²) in [5.41, 5.74) is 4.07. The number of aryl methyl sites for hydroxylation is 1. The van der Waals surface area contributed by atoms with Crippen molar-refractivity contribution in [1.82, 2.24) is 5.32 Å². The number of benzene rings is 2. The number of nitrogens with one attached hydrogen (secondary N) is 1. The summed E-state index contributed by atoms with van der Waals surface area (Å²) >= 11 is 0. The molecule has 18 heavy (non-hydrogen) atoms. The molecule has 1 nitrogen and oxygen atoms in total. The van der Waals surface area contributed by atoms with E-state index < -0.39 is 0 Å². The topological polar surface area (TPSA) is 12.0 Å². The van der Waals surface area contributed by atoms with E-state index >= 15 is 0 Å². The Kier molecular flexibility index (Phi) is 4.54.